The number of rotatable bonds is 10. The minimum Gasteiger partial charge on any atom is -0.493 e. The summed E-state index contributed by atoms with van der Waals surface area (Å²) in [6.07, 6.45) is 5.13. The monoisotopic (exact) mass is 379 g/mol. The van der Waals surface area contributed by atoms with E-state index in [4.69, 9.17) is 4.74 Å². The van der Waals surface area contributed by atoms with Gasteiger partial charge in [0.2, 0.25) is 5.78 Å². The Hall–Kier alpha value is -1.99. The molecule has 2 aromatic rings. The van der Waals surface area contributed by atoms with E-state index in [9.17, 15) is 13.2 Å². The molecular weight excluding hydrogens is 358 g/mol. The summed E-state index contributed by atoms with van der Waals surface area (Å²) in [7, 11) is -3.83. The van der Waals surface area contributed by atoms with Crippen LogP contribution in [0.5, 0.6) is 5.75 Å². The minimum absolute atomic E-state index is 0.108. The molecule has 1 aromatic carbocycles. The highest BCUT2D eigenvalue weighted by molar-refractivity contribution is 7.92. The van der Waals surface area contributed by atoms with Gasteiger partial charge in [0.25, 0.3) is 10.0 Å². The van der Waals surface area contributed by atoms with Gasteiger partial charge in [-0.15, -0.1) is 11.3 Å². The maximum Gasteiger partial charge on any atom is 0.291 e. The number of unbranched alkanes of at least 4 members (excludes halogenated alkanes) is 3. The average Bonchev–Trinajstić information content (AvgIpc) is 3.15. The van der Waals surface area contributed by atoms with Crippen molar-refractivity contribution in [3.8, 4) is 5.75 Å². The summed E-state index contributed by atoms with van der Waals surface area (Å²) in [5, 5.41) is 1.64. The second-order valence-corrected chi connectivity index (χ2v) is 8.22. The number of hydrogen-bond acceptors (Lipinski definition) is 5. The quantitative estimate of drug-likeness (QED) is 0.349. The Morgan fingerprint density at radius 1 is 1.16 bits per heavy atom. The normalized spacial score (nSPS) is 11.7. The van der Waals surface area contributed by atoms with Crippen molar-refractivity contribution in [1.29, 1.82) is 0 Å². The van der Waals surface area contributed by atoms with Crippen molar-refractivity contribution in [3.63, 3.8) is 0 Å². The molecule has 5 nitrogen and oxygen atoms in total. The molecule has 0 fully saturated rings. The molecule has 0 unspecified atom stereocenters. The number of carbonyl (C=O) groups is 1. The zero-order chi connectivity index (χ0) is 18.1. The molecule has 134 valence electrons. The second-order valence-electron chi connectivity index (χ2n) is 5.41. The zero-order valence-electron chi connectivity index (χ0n) is 14.1. The van der Waals surface area contributed by atoms with Crippen LogP contribution in [0.1, 0.15) is 43.0 Å². The first-order valence-corrected chi connectivity index (χ1v) is 10.5. The number of nitrogens with zero attached hydrogens (tertiary/aromatic N) is 1. The number of ketones is 1. The average molecular weight is 380 g/mol. The number of benzene rings is 1. The number of hydrogen-bond donors (Lipinski definition) is 0. The van der Waals surface area contributed by atoms with Gasteiger partial charge >= 0.3 is 0 Å². The molecule has 1 aromatic heterocycles. The van der Waals surface area contributed by atoms with E-state index >= 15 is 0 Å². The molecule has 0 atom stereocenters. The van der Waals surface area contributed by atoms with Gasteiger partial charge in [0.1, 0.15) is 9.96 Å². The molecule has 0 aliphatic rings. The minimum atomic E-state index is -3.83. The van der Waals surface area contributed by atoms with Crippen LogP contribution in [0.25, 0.3) is 0 Å². The van der Waals surface area contributed by atoms with Crippen LogP contribution in [-0.2, 0) is 10.0 Å². The van der Waals surface area contributed by atoms with Gasteiger partial charge in [0, 0.05) is 0 Å². The van der Waals surface area contributed by atoms with Crippen LogP contribution in [0.4, 0.5) is 0 Å². The number of thiophene rings is 1. The highest BCUT2D eigenvalue weighted by atomic mass is 32.2. The lowest BCUT2D eigenvalue weighted by Gasteiger charge is -2.09. The third kappa shape index (κ3) is 5.79. The highest BCUT2D eigenvalue weighted by Crippen LogP contribution is 2.20. The standard InChI is InChI=1S/C18H21NO4S2/c1-2-3-4-7-12-23-17-10-6-5-9-15(17)16(20)14-19-25(21,22)18-11-8-13-24-18/h5-6,8-11,13-14H,2-4,7,12H2,1H3/b19-14-. The summed E-state index contributed by atoms with van der Waals surface area (Å²) < 4.78 is 33.3. The number of ether oxygens (including phenoxy) is 1. The Labute approximate surface area is 152 Å². The molecule has 0 aliphatic heterocycles. The maximum absolute atomic E-state index is 12.3. The summed E-state index contributed by atoms with van der Waals surface area (Å²) in [5.74, 6) is -0.0479. The molecule has 0 spiro atoms. The fourth-order valence-electron chi connectivity index (χ4n) is 2.16. The molecule has 0 N–H and O–H groups in total. The first kappa shape index (κ1) is 19.3. The number of sulfonamides is 1. The van der Waals surface area contributed by atoms with E-state index in [1.807, 2.05) is 0 Å². The fraction of sp³-hybridized carbons (Fsp3) is 0.333. The Bertz CT molecular complexity index is 811. The molecule has 2 rings (SSSR count). The van der Waals surface area contributed by atoms with Crippen molar-refractivity contribution < 1.29 is 17.9 Å². The summed E-state index contributed by atoms with van der Waals surface area (Å²) >= 11 is 1.06. The van der Waals surface area contributed by atoms with E-state index in [0.29, 0.717) is 17.9 Å². The first-order valence-electron chi connectivity index (χ1n) is 8.14. The smallest absolute Gasteiger partial charge is 0.291 e. The Kier molecular flexibility index (Phi) is 7.33. The van der Waals surface area contributed by atoms with Crippen LogP contribution >= 0.6 is 11.3 Å². The molecule has 0 bridgehead atoms. The van der Waals surface area contributed by atoms with Crippen molar-refractivity contribution in [1.82, 2.24) is 0 Å². The van der Waals surface area contributed by atoms with Crippen LogP contribution < -0.4 is 4.74 Å². The highest BCUT2D eigenvalue weighted by Gasteiger charge is 2.15. The van der Waals surface area contributed by atoms with Crippen LogP contribution in [0.3, 0.4) is 0 Å². The van der Waals surface area contributed by atoms with Gasteiger partial charge < -0.3 is 4.74 Å². The van der Waals surface area contributed by atoms with Crippen molar-refractivity contribution >= 4 is 33.4 Å². The second kappa shape index (κ2) is 9.48. The van der Waals surface area contributed by atoms with Crippen LogP contribution in [0.15, 0.2) is 50.4 Å². The lowest BCUT2D eigenvalue weighted by Crippen LogP contribution is -2.07. The van der Waals surface area contributed by atoms with Gasteiger partial charge in [-0.25, -0.2) is 0 Å². The predicted octanol–water partition coefficient (Wildman–Crippen LogP) is 4.35. The van der Waals surface area contributed by atoms with E-state index in [-0.39, 0.29) is 4.21 Å². The van der Waals surface area contributed by atoms with E-state index in [1.165, 1.54) is 6.07 Å². The lowest BCUT2D eigenvalue weighted by molar-refractivity contribution is 0.106. The third-order valence-corrected chi connectivity index (χ3v) is 6.08. The van der Waals surface area contributed by atoms with Gasteiger partial charge in [-0.2, -0.15) is 12.8 Å². The molecule has 0 saturated carbocycles. The maximum atomic E-state index is 12.3. The first-order chi connectivity index (χ1) is 12.0. The summed E-state index contributed by atoms with van der Waals surface area (Å²) in [5.41, 5.74) is 0.308. The Balaban J connectivity index is 2.05. The summed E-state index contributed by atoms with van der Waals surface area (Å²) in [4.78, 5) is 12.3. The van der Waals surface area contributed by atoms with Crippen molar-refractivity contribution in [3.05, 3.63) is 47.3 Å². The number of carbonyl (C=O) groups excluding carboxylic acids is 1. The summed E-state index contributed by atoms with van der Waals surface area (Å²) in [6.45, 7) is 2.66. The molecule has 25 heavy (non-hydrogen) atoms. The Morgan fingerprint density at radius 3 is 2.68 bits per heavy atom. The van der Waals surface area contributed by atoms with Gasteiger partial charge in [0.15, 0.2) is 0 Å². The van der Waals surface area contributed by atoms with E-state index < -0.39 is 15.8 Å². The van der Waals surface area contributed by atoms with Crippen molar-refractivity contribution in [2.75, 3.05) is 6.61 Å². The SMILES string of the molecule is CCCCCCOc1ccccc1C(=O)/C=N\S(=O)(=O)c1cccs1. The lowest BCUT2D eigenvalue weighted by atomic mass is 10.1. The zero-order valence-corrected chi connectivity index (χ0v) is 15.7. The van der Waals surface area contributed by atoms with Crippen LogP contribution in [-0.4, -0.2) is 27.0 Å². The largest absolute Gasteiger partial charge is 0.493 e. The van der Waals surface area contributed by atoms with E-state index in [0.717, 1.165) is 43.2 Å². The Morgan fingerprint density at radius 2 is 1.96 bits per heavy atom. The van der Waals surface area contributed by atoms with Gasteiger partial charge in [-0.1, -0.05) is 44.4 Å². The molecule has 1 heterocycles. The number of para-hydroxylation sites is 1. The molecule has 0 saturated heterocycles. The molecule has 7 heteroatoms. The van der Waals surface area contributed by atoms with E-state index in [2.05, 4.69) is 11.3 Å². The van der Waals surface area contributed by atoms with Crippen molar-refractivity contribution in [2.24, 2.45) is 4.40 Å². The number of Topliss-reactive ketones (excluding diaryl/α,β-unsaturated/α-hetero) is 1. The van der Waals surface area contributed by atoms with Crippen LogP contribution in [0, 0.1) is 0 Å². The molecule has 0 radical (unpaired) electrons. The van der Waals surface area contributed by atoms with Gasteiger partial charge in [-0.3, -0.25) is 4.79 Å². The van der Waals surface area contributed by atoms with Gasteiger partial charge in [-0.05, 0) is 30.0 Å². The van der Waals surface area contributed by atoms with Gasteiger partial charge in [0.05, 0.1) is 18.4 Å². The fourth-order valence-corrected chi connectivity index (χ4v) is 3.98. The van der Waals surface area contributed by atoms with Crippen molar-refractivity contribution in [2.45, 2.75) is 36.8 Å². The third-order valence-electron chi connectivity index (χ3n) is 3.47. The molecule has 0 aliphatic carbocycles. The topological polar surface area (TPSA) is 72.8 Å². The molecule has 0 amide bonds. The van der Waals surface area contributed by atoms with E-state index in [1.54, 1.807) is 35.7 Å². The predicted molar refractivity (Wildman–Crippen MR) is 100 cm³/mol. The van der Waals surface area contributed by atoms with Crippen LogP contribution in [0.2, 0.25) is 0 Å². The molecular formula is C18H21NO4S2. The summed E-state index contributed by atoms with van der Waals surface area (Å²) in [6, 6.07) is 9.87.